The van der Waals surface area contributed by atoms with Crippen molar-refractivity contribution in [2.75, 3.05) is 64.4 Å². The number of hydrogen-bond donors (Lipinski definition) is 2. The molecule has 0 radical (unpaired) electrons. The monoisotopic (exact) mass is 652 g/mol. The zero-order chi connectivity index (χ0) is 32.8. The molecular formula is C38H42F2N6O2. The molecular weight excluding hydrogens is 610 g/mol. The first-order valence-corrected chi connectivity index (χ1v) is 17.4. The Morgan fingerprint density at radius 1 is 1.08 bits per heavy atom. The van der Waals surface area contributed by atoms with Crippen molar-refractivity contribution in [2.24, 2.45) is 10.8 Å². The predicted molar refractivity (Wildman–Crippen MR) is 181 cm³/mol. The number of aromatic nitrogens is 2. The zero-order valence-electron chi connectivity index (χ0n) is 27.4. The van der Waals surface area contributed by atoms with Crippen molar-refractivity contribution in [3.8, 4) is 18.4 Å². The van der Waals surface area contributed by atoms with Crippen molar-refractivity contribution < 1.29 is 18.6 Å². The average Bonchev–Trinajstić information content (AvgIpc) is 3.57. The Hall–Kier alpha value is -3.62. The SMILES string of the molecule is C#Cc1cccc2c1C(c1c(F)cc3c(N4CC5CCC(C4)N5)nc(OCC4(CN5CCC6(CN(C)C6)C5)CC4)nc3c1F)=C[C@H](O)C2. The van der Waals surface area contributed by atoms with Gasteiger partial charge in [-0.2, -0.15) is 9.97 Å². The molecule has 10 heteroatoms. The zero-order valence-corrected chi connectivity index (χ0v) is 27.4. The van der Waals surface area contributed by atoms with Gasteiger partial charge in [0, 0.05) is 85.1 Å². The van der Waals surface area contributed by atoms with Crippen LogP contribution in [0.2, 0.25) is 0 Å². The van der Waals surface area contributed by atoms with E-state index in [0.717, 1.165) is 50.9 Å². The first-order chi connectivity index (χ1) is 23.2. The molecule has 2 bridgehead atoms. The van der Waals surface area contributed by atoms with Gasteiger partial charge in [0.25, 0.3) is 0 Å². The molecule has 250 valence electrons. The van der Waals surface area contributed by atoms with Crippen LogP contribution in [0.5, 0.6) is 6.01 Å². The molecule has 5 heterocycles. The molecule has 2 aliphatic carbocycles. The summed E-state index contributed by atoms with van der Waals surface area (Å²) in [5.41, 5.74) is 2.34. The fourth-order valence-corrected chi connectivity index (χ4v) is 9.40. The van der Waals surface area contributed by atoms with Crippen LogP contribution in [0.3, 0.4) is 0 Å². The normalized spacial score (nSPS) is 27.1. The van der Waals surface area contributed by atoms with E-state index in [1.165, 1.54) is 31.7 Å². The van der Waals surface area contributed by atoms with Crippen LogP contribution in [0, 0.1) is 34.8 Å². The minimum absolute atomic E-state index is 0.0124. The maximum absolute atomic E-state index is 17.0. The number of aliphatic hydroxyl groups excluding tert-OH is 1. The third kappa shape index (κ3) is 5.18. The van der Waals surface area contributed by atoms with E-state index in [4.69, 9.17) is 16.1 Å². The Labute approximate surface area is 280 Å². The van der Waals surface area contributed by atoms with Gasteiger partial charge >= 0.3 is 6.01 Å². The van der Waals surface area contributed by atoms with Gasteiger partial charge in [-0.3, -0.25) is 0 Å². The van der Waals surface area contributed by atoms with E-state index in [2.05, 4.69) is 38.0 Å². The number of terminal acetylenes is 1. The van der Waals surface area contributed by atoms with Gasteiger partial charge in [-0.15, -0.1) is 6.42 Å². The second-order valence-electron chi connectivity index (χ2n) is 15.6. The Balaban J connectivity index is 1.08. The standard InChI is InChI=1S/C38H42F2N6O2/c1-3-23-5-4-6-24-13-27(47)14-28(31(23)24)32-30(39)15-29-34(33(32)40)42-36(43-35(29)46-16-25-7-8-26(17-46)41-25)48-22-37(9-10-37)20-45-12-11-38(21-45)18-44(2)19-38/h1,4-6,14-15,25-27,41,47H,7-13,16-22H2,2H3/t25?,26?,27-/m1/s1. The summed E-state index contributed by atoms with van der Waals surface area (Å²) in [6.07, 6.45) is 12.3. The maximum atomic E-state index is 17.0. The molecule has 1 aromatic heterocycles. The fourth-order valence-electron chi connectivity index (χ4n) is 9.40. The van der Waals surface area contributed by atoms with Crippen LogP contribution in [0.25, 0.3) is 16.5 Å². The number of fused-ring (bicyclic) bond motifs is 4. The number of benzene rings is 2. The average molecular weight is 653 g/mol. The Kier molecular flexibility index (Phi) is 7.11. The summed E-state index contributed by atoms with van der Waals surface area (Å²) in [5.74, 6) is 1.62. The number of halogens is 2. The summed E-state index contributed by atoms with van der Waals surface area (Å²) in [7, 11) is 2.19. The van der Waals surface area contributed by atoms with Gasteiger partial charge < -0.3 is 29.9 Å². The second-order valence-corrected chi connectivity index (χ2v) is 15.6. The van der Waals surface area contributed by atoms with E-state index >= 15 is 8.78 Å². The number of nitrogens with one attached hydrogen (secondary N) is 1. The highest BCUT2D eigenvalue weighted by molar-refractivity contribution is 5.96. The highest BCUT2D eigenvalue weighted by Gasteiger charge is 2.51. The van der Waals surface area contributed by atoms with Crippen molar-refractivity contribution in [2.45, 2.75) is 56.7 Å². The van der Waals surface area contributed by atoms with Crippen LogP contribution in [0.4, 0.5) is 14.6 Å². The van der Waals surface area contributed by atoms with E-state index < -0.39 is 17.7 Å². The van der Waals surface area contributed by atoms with Crippen molar-refractivity contribution in [3.05, 3.63) is 64.2 Å². The highest BCUT2D eigenvalue weighted by Crippen LogP contribution is 2.49. The quantitative estimate of drug-likeness (QED) is 0.372. The van der Waals surface area contributed by atoms with E-state index in [0.29, 0.717) is 65.9 Å². The van der Waals surface area contributed by atoms with Crippen molar-refractivity contribution in [3.63, 3.8) is 0 Å². The van der Waals surface area contributed by atoms with Crippen molar-refractivity contribution in [1.29, 1.82) is 0 Å². The van der Waals surface area contributed by atoms with Crippen LogP contribution in [-0.4, -0.2) is 103 Å². The number of likely N-dealkylation sites (tertiary alicyclic amines) is 2. The van der Waals surface area contributed by atoms with E-state index in [9.17, 15) is 5.11 Å². The van der Waals surface area contributed by atoms with Gasteiger partial charge in [-0.25, -0.2) is 8.78 Å². The summed E-state index contributed by atoms with van der Waals surface area (Å²) < 4.78 is 39.7. The Morgan fingerprint density at radius 3 is 2.60 bits per heavy atom. The molecule has 6 aliphatic rings. The summed E-state index contributed by atoms with van der Waals surface area (Å²) in [6.45, 7) is 7.43. The molecule has 2 aromatic carbocycles. The molecule has 0 amide bonds. The van der Waals surface area contributed by atoms with Crippen LogP contribution >= 0.6 is 0 Å². The second kappa shape index (κ2) is 11.2. The summed E-state index contributed by atoms with van der Waals surface area (Å²) in [5, 5.41) is 14.7. The number of anilines is 1. The number of piperazine rings is 1. The number of aliphatic hydroxyl groups is 1. The first kappa shape index (κ1) is 30.4. The molecule has 5 fully saturated rings. The van der Waals surface area contributed by atoms with Crippen LogP contribution < -0.4 is 15.0 Å². The molecule has 48 heavy (non-hydrogen) atoms. The van der Waals surface area contributed by atoms with Crippen molar-refractivity contribution in [1.82, 2.24) is 25.1 Å². The molecule has 4 aliphatic heterocycles. The lowest BCUT2D eigenvalue weighted by molar-refractivity contribution is 0.0278. The van der Waals surface area contributed by atoms with Crippen LogP contribution in [-0.2, 0) is 6.42 Å². The molecule has 3 atom stereocenters. The number of nitrogens with zero attached hydrogens (tertiary/aromatic N) is 5. The molecule has 8 nitrogen and oxygen atoms in total. The molecule has 2 N–H and O–H groups in total. The van der Waals surface area contributed by atoms with Gasteiger partial charge in [0.05, 0.1) is 18.3 Å². The molecule has 4 saturated heterocycles. The van der Waals surface area contributed by atoms with Gasteiger partial charge in [-0.05, 0) is 75.0 Å². The van der Waals surface area contributed by atoms with Gasteiger partial charge in [0.1, 0.15) is 17.2 Å². The third-order valence-electron chi connectivity index (χ3n) is 11.7. The minimum atomic E-state index is -0.906. The lowest BCUT2D eigenvalue weighted by Crippen LogP contribution is -2.55. The predicted octanol–water partition coefficient (Wildman–Crippen LogP) is 3.98. The fraction of sp³-hybridized carbons (Fsp3) is 0.526. The van der Waals surface area contributed by atoms with Crippen LogP contribution in [0.1, 0.15) is 54.4 Å². The van der Waals surface area contributed by atoms with E-state index in [1.807, 2.05) is 6.07 Å². The van der Waals surface area contributed by atoms with Crippen LogP contribution in [0.15, 0.2) is 30.3 Å². The molecule has 3 aromatic rings. The smallest absolute Gasteiger partial charge is 0.319 e. The lowest BCUT2D eigenvalue weighted by Gasteiger charge is -2.46. The Morgan fingerprint density at radius 2 is 1.88 bits per heavy atom. The molecule has 1 saturated carbocycles. The lowest BCUT2D eigenvalue weighted by atomic mass is 9.79. The van der Waals surface area contributed by atoms with Gasteiger partial charge in [-0.1, -0.05) is 18.1 Å². The minimum Gasteiger partial charge on any atom is -0.463 e. The molecule has 9 rings (SSSR count). The largest absolute Gasteiger partial charge is 0.463 e. The first-order valence-electron chi connectivity index (χ1n) is 17.4. The highest BCUT2D eigenvalue weighted by atomic mass is 19.1. The van der Waals surface area contributed by atoms with Gasteiger partial charge in [0.2, 0.25) is 0 Å². The summed E-state index contributed by atoms with van der Waals surface area (Å²) in [4.78, 5) is 16.6. The maximum Gasteiger partial charge on any atom is 0.319 e. The van der Waals surface area contributed by atoms with Gasteiger partial charge in [0.15, 0.2) is 5.82 Å². The third-order valence-corrected chi connectivity index (χ3v) is 11.7. The Bertz CT molecular complexity index is 1870. The number of rotatable bonds is 7. The number of ether oxygens (including phenoxy) is 1. The van der Waals surface area contributed by atoms with Crippen molar-refractivity contribution >= 4 is 22.3 Å². The van der Waals surface area contributed by atoms with E-state index in [-0.39, 0.29) is 28.1 Å². The van der Waals surface area contributed by atoms with E-state index in [1.54, 1.807) is 12.1 Å². The summed E-state index contributed by atoms with van der Waals surface area (Å²) in [6, 6.07) is 7.47. The number of hydrogen-bond acceptors (Lipinski definition) is 8. The molecule has 1 spiro atoms. The summed E-state index contributed by atoms with van der Waals surface area (Å²) >= 11 is 0. The molecule has 2 unspecified atom stereocenters. The topological polar surface area (TPSA) is 77.0 Å².